The van der Waals surface area contributed by atoms with Gasteiger partial charge in [-0.25, -0.2) is 4.79 Å². The Balaban J connectivity index is 1.41. The normalized spacial score (nSPS) is 49.5. The lowest BCUT2D eigenvalue weighted by molar-refractivity contribution is -0.167. The minimum atomic E-state index is -0.332. The molecule has 6 rings (SSSR count). The van der Waals surface area contributed by atoms with Crippen molar-refractivity contribution in [3.8, 4) is 0 Å². The van der Waals surface area contributed by atoms with Gasteiger partial charge in [-0.05, 0) is 105 Å². The van der Waals surface area contributed by atoms with Gasteiger partial charge in [-0.15, -0.1) is 0 Å². The number of rotatable bonds is 2. The Morgan fingerprint density at radius 1 is 1.07 bits per heavy atom. The zero-order valence-electron chi connectivity index (χ0n) is 17.0. The van der Waals surface area contributed by atoms with Crippen molar-refractivity contribution in [3.63, 3.8) is 0 Å². The zero-order valence-corrected chi connectivity index (χ0v) is 17.0. The highest BCUT2D eigenvalue weighted by molar-refractivity contribution is 5.91. The Hall–Kier alpha value is -1.38. The first-order valence-corrected chi connectivity index (χ1v) is 11.7. The lowest BCUT2D eigenvalue weighted by atomic mass is 9.46. The molecule has 1 heterocycles. The molecule has 0 bridgehead atoms. The second-order valence-corrected chi connectivity index (χ2v) is 10.6. The van der Waals surface area contributed by atoms with E-state index in [4.69, 9.17) is 4.74 Å². The predicted octanol–water partition coefficient (Wildman–Crippen LogP) is 5.01. The van der Waals surface area contributed by atoms with E-state index in [1.54, 1.807) is 6.08 Å². The summed E-state index contributed by atoms with van der Waals surface area (Å²) < 4.78 is 6.08. The Labute approximate surface area is 168 Å². The van der Waals surface area contributed by atoms with Crippen LogP contribution in [0, 0.1) is 40.9 Å². The summed E-state index contributed by atoms with van der Waals surface area (Å²) in [5, 5.41) is 0. The van der Waals surface area contributed by atoms with Crippen molar-refractivity contribution < 1.29 is 14.3 Å². The molecule has 0 radical (unpaired) electrons. The largest absolute Gasteiger partial charge is 0.451 e. The maximum atomic E-state index is 12.1. The number of ketones is 1. The molecule has 0 saturated heterocycles. The standard InChI is InChI=1S/C25H32O3/c1-2-24-10-7-19-18-6-5-17(26)13-16(18)14-20(15-3-4-15)23(19)21(24)8-11-25(24)12-9-22(27)28-25/h9,12-13,15,18-21,23H,2-8,10-11,14H2,1H3/t18-,19?,20-,21?,23?,24-,25+/m0/s1. The molecular formula is C25H32O3. The smallest absolute Gasteiger partial charge is 0.331 e. The van der Waals surface area contributed by atoms with Gasteiger partial charge in [0, 0.05) is 17.9 Å². The van der Waals surface area contributed by atoms with Crippen molar-refractivity contribution in [3.05, 3.63) is 23.8 Å². The van der Waals surface area contributed by atoms with Crippen molar-refractivity contribution >= 4 is 11.8 Å². The average Bonchev–Trinajstić information content (AvgIpc) is 3.40. The molecule has 6 aliphatic rings. The second-order valence-electron chi connectivity index (χ2n) is 10.6. The summed E-state index contributed by atoms with van der Waals surface area (Å²) in [5.74, 6) is 4.70. The van der Waals surface area contributed by atoms with Crippen LogP contribution >= 0.6 is 0 Å². The number of hydrogen-bond acceptors (Lipinski definition) is 3. The topological polar surface area (TPSA) is 43.4 Å². The van der Waals surface area contributed by atoms with Crippen LogP contribution in [0.2, 0.25) is 0 Å². The van der Waals surface area contributed by atoms with Crippen LogP contribution in [0.15, 0.2) is 23.8 Å². The monoisotopic (exact) mass is 380 g/mol. The van der Waals surface area contributed by atoms with Crippen LogP contribution < -0.4 is 0 Å². The molecule has 1 spiro atoms. The SMILES string of the molecule is CC[C@]12CCC3C(C1CC[C@@]21C=CC(=O)O1)[C@H](C1CC1)CC1=CC(=O)CC[C@@H]13. The van der Waals surface area contributed by atoms with E-state index in [-0.39, 0.29) is 17.0 Å². The Bertz CT molecular complexity index is 790. The highest BCUT2D eigenvalue weighted by Crippen LogP contribution is 2.70. The number of allylic oxidation sites excluding steroid dienone is 1. The maximum Gasteiger partial charge on any atom is 0.331 e. The molecule has 3 unspecified atom stereocenters. The third kappa shape index (κ3) is 2.17. The average molecular weight is 381 g/mol. The quantitative estimate of drug-likeness (QED) is 0.633. The molecule has 4 saturated carbocycles. The van der Waals surface area contributed by atoms with Crippen molar-refractivity contribution in [2.75, 3.05) is 0 Å². The molecule has 150 valence electrons. The summed E-state index contributed by atoms with van der Waals surface area (Å²) in [7, 11) is 0. The van der Waals surface area contributed by atoms with E-state index in [2.05, 4.69) is 13.0 Å². The summed E-state index contributed by atoms with van der Waals surface area (Å²) in [5.41, 5.74) is 1.30. The van der Waals surface area contributed by atoms with Gasteiger partial charge in [0.2, 0.25) is 0 Å². The molecule has 0 aromatic carbocycles. The fourth-order valence-corrected chi connectivity index (χ4v) is 8.74. The summed E-state index contributed by atoms with van der Waals surface area (Å²) in [6.45, 7) is 2.33. The van der Waals surface area contributed by atoms with E-state index < -0.39 is 0 Å². The molecule has 5 aliphatic carbocycles. The van der Waals surface area contributed by atoms with E-state index in [9.17, 15) is 9.59 Å². The minimum absolute atomic E-state index is 0.131. The van der Waals surface area contributed by atoms with Crippen LogP contribution in [-0.2, 0) is 14.3 Å². The van der Waals surface area contributed by atoms with Crippen LogP contribution in [0.4, 0.5) is 0 Å². The number of carbonyl (C=O) groups is 2. The molecule has 28 heavy (non-hydrogen) atoms. The van der Waals surface area contributed by atoms with Gasteiger partial charge in [0.25, 0.3) is 0 Å². The third-order valence-corrected chi connectivity index (χ3v) is 9.90. The van der Waals surface area contributed by atoms with E-state index >= 15 is 0 Å². The van der Waals surface area contributed by atoms with Gasteiger partial charge in [0.1, 0.15) is 5.60 Å². The number of ether oxygens (including phenoxy) is 1. The van der Waals surface area contributed by atoms with Gasteiger partial charge in [-0.3, -0.25) is 4.79 Å². The molecule has 0 amide bonds. The number of fused-ring (bicyclic) bond motifs is 6. The Morgan fingerprint density at radius 3 is 2.64 bits per heavy atom. The molecule has 4 fully saturated rings. The summed E-state index contributed by atoms with van der Waals surface area (Å²) in [4.78, 5) is 24.2. The van der Waals surface area contributed by atoms with Crippen LogP contribution in [-0.4, -0.2) is 17.4 Å². The van der Waals surface area contributed by atoms with Crippen LogP contribution in [0.3, 0.4) is 0 Å². The third-order valence-electron chi connectivity index (χ3n) is 9.90. The highest BCUT2D eigenvalue weighted by atomic mass is 16.6. The Kier molecular flexibility index (Phi) is 3.64. The van der Waals surface area contributed by atoms with Crippen molar-refractivity contribution in [1.29, 1.82) is 0 Å². The molecule has 3 heteroatoms. The lowest BCUT2D eigenvalue weighted by Gasteiger charge is -2.59. The first-order chi connectivity index (χ1) is 13.6. The van der Waals surface area contributed by atoms with Gasteiger partial charge in [-0.2, -0.15) is 0 Å². The van der Waals surface area contributed by atoms with E-state index in [1.165, 1.54) is 44.1 Å². The molecule has 1 aliphatic heterocycles. The molecule has 0 aromatic rings. The number of carbonyl (C=O) groups excluding carboxylic acids is 2. The van der Waals surface area contributed by atoms with E-state index in [0.29, 0.717) is 17.6 Å². The molecular weight excluding hydrogens is 348 g/mol. The van der Waals surface area contributed by atoms with Gasteiger partial charge < -0.3 is 4.74 Å². The molecule has 3 nitrogen and oxygen atoms in total. The van der Waals surface area contributed by atoms with Gasteiger partial charge in [0.05, 0.1) is 0 Å². The number of hydrogen-bond donors (Lipinski definition) is 0. The summed E-state index contributed by atoms with van der Waals surface area (Å²) in [6.07, 6.45) is 17.4. The first kappa shape index (κ1) is 17.5. The minimum Gasteiger partial charge on any atom is -0.451 e. The molecule has 0 N–H and O–H groups in total. The first-order valence-electron chi connectivity index (χ1n) is 11.7. The molecule has 7 atom stereocenters. The highest BCUT2D eigenvalue weighted by Gasteiger charge is 2.68. The van der Waals surface area contributed by atoms with Gasteiger partial charge >= 0.3 is 5.97 Å². The summed E-state index contributed by atoms with van der Waals surface area (Å²) >= 11 is 0. The van der Waals surface area contributed by atoms with Gasteiger partial charge in [-0.1, -0.05) is 12.5 Å². The maximum absolute atomic E-state index is 12.1. The van der Waals surface area contributed by atoms with Crippen LogP contribution in [0.5, 0.6) is 0 Å². The predicted molar refractivity (Wildman–Crippen MR) is 106 cm³/mol. The van der Waals surface area contributed by atoms with E-state index in [1.807, 2.05) is 6.08 Å². The second kappa shape index (κ2) is 5.83. The van der Waals surface area contributed by atoms with Crippen molar-refractivity contribution in [2.45, 2.75) is 76.7 Å². The lowest BCUT2D eigenvalue weighted by Crippen LogP contribution is -2.55. The Morgan fingerprint density at radius 2 is 1.93 bits per heavy atom. The fourth-order valence-electron chi connectivity index (χ4n) is 8.74. The zero-order chi connectivity index (χ0) is 19.1. The van der Waals surface area contributed by atoms with E-state index in [0.717, 1.165) is 49.4 Å². The number of esters is 1. The van der Waals surface area contributed by atoms with Gasteiger partial charge in [0.15, 0.2) is 5.78 Å². The summed E-state index contributed by atoms with van der Waals surface area (Å²) in [6, 6.07) is 0. The fraction of sp³-hybridized carbons (Fsp3) is 0.760. The molecule has 0 aromatic heterocycles. The van der Waals surface area contributed by atoms with Crippen molar-refractivity contribution in [2.24, 2.45) is 40.9 Å². The van der Waals surface area contributed by atoms with Crippen LogP contribution in [0.1, 0.15) is 71.1 Å². The van der Waals surface area contributed by atoms with Crippen LogP contribution in [0.25, 0.3) is 0 Å². The van der Waals surface area contributed by atoms with Crippen molar-refractivity contribution in [1.82, 2.24) is 0 Å².